The Bertz CT molecular complexity index is 297. The van der Waals surface area contributed by atoms with E-state index in [2.05, 4.69) is 45.3 Å². The van der Waals surface area contributed by atoms with E-state index in [0.717, 1.165) is 25.8 Å². The van der Waals surface area contributed by atoms with E-state index >= 15 is 0 Å². The van der Waals surface area contributed by atoms with Crippen molar-refractivity contribution in [3.8, 4) is 0 Å². The van der Waals surface area contributed by atoms with E-state index in [-0.39, 0.29) is 17.4 Å². The minimum Gasteiger partial charge on any atom is -0.352 e. The number of carbonyl (C=O) groups excluding carboxylic acids is 1. The highest BCUT2D eigenvalue weighted by molar-refractivity contribution is 5.86. The number of rotatable bonds is 9. The molecule has 0 saturated carbocycles. The number of carbonyl (C=O) groups is 1. The van der Waals surface area contributed by atoms with Gasteiger partial charge in [0, 0.05) is 12.6 Å². The first-order valence-corrected chi connectivity index (χ1v) is 8.11. The Balaban J connectivity index is 4.82. The van der Waals surface area contributed by atoms with Crippen molar-refractivity contribution in [1.29, 1.82) is 0 Å². The van der Waals surface area contributed by atoms with Crippen molar-refractivity contribution in [1.82, 2.24) is 10.6 Å². The first-order valence-electron chi connectivity index (χ1n) is 8.11. The van der Waals surface area contributed by atoms with Gasteiger partial charge in [-0.15, -0.1) is 0 Å². The Morgan fingerprint density at radius 1 is 1.10 bits per heavy atom. The van der Waals surface area contributed by atoms with E-state index in [4.69, 9.17) is 0 Å². The van der Waals surface area contributed by atoms with Crippen LogP contribution < -0.4 is 10.6 Å². The summed E-state index contributed by atoms with van der Waals surface area (Å²) >= 11 is 0. The van der Waals surface area contributed by atoms with Crippen molar-refractivity contribution in [2.75, 3.05) is 6.54 Å². The molecule has 0 aliphatic carbocycles. The zero-order valence-electron chi connectivity index (χ0n) is 14.9. The fourth-order valence-electron chi connectivity index (χ4n) is 1.86. The van der Waals surface area contributed by atoms with Crippen LogP contribution in [-0.2, 0) is 4.79 Å². The third kappa shape index (κ3) is 6.25. The highest BCUT2D eigenvalue weighted by atomic mass is 16.2. The van der Waals surface area contributed by atoms with Crippen molar-refractivity contribution in [2.24, 2.45) is 11.3 Å². The van der Waals surface area contributed by atoms with Gasteiger partial charge in [-0.2, -0.15) is 0 Å². The molecular formula is C17H36N2O. The third-order valence-corrected chi connectivity index (χ3v) is 4.45. The largest absolute Gasteiger partial charge is 0.352 e. The first kappa shape index (κ1) is 19.4. The maximum Gasteiger partial charge on any atom is 0.240 e. The molecule has 3 heteroatoms. The van der Waals surface area contributed by atoms with E-state index in [9.17, 15) is 4.79 Å². The van der Waals surface area contributed by atoms with Crippen LogP contribution in [0.5, 0.6) is 0 Å². The lowest BCUT2D eigenvalue weighted by atomic mass is 9.80. The second-order valence-electron chi connectivity index (χ2n) is 7.56. The molecule has 1 atom stereocenters. The van der Waals surface area contributed by atoms with Crippen LogP contribution in [0.15, 0.2) is 0 Å². The van der Waals surface area contributed by atoms with E-state index < -0.39 is 5.54 Å². The van der Waals surface area contributed by atoms with Crippen molar-refractivity contribution in [3.05, 3.63) is 0 Å². The highest BCUT2D eigenvalue weighted by Gasteiger charge is 2.34. The number of amides is 1. The molecule has 0 saturated heterocycles. The van der Waals surface area contributed by atoms with E-state index in [1.54, 1.807) is 0 Å². The highest BCUT2D eigenvalue weighted by Crippen LogP contribution is 2.26. The van der Waals surface area contributed by atoms with Gasteiger partial charge in [-0.25, -0.2) is 0 Å². The minimum atomic E-state index is -0.466. The van der Waals surface area contributed by atoms with Gasteiger partial charge in [0.2, 0.25) is 5.91 Å². The van der Waals surface area contributed by atoms with Gasteiger partial charge >= 0.3 is 0 Å². The quantitative estimate of drug-likeness (QED) is 0.677. The van der Waals surface area contributed by atoms with Gasteiger partial charge in [0.05, 0.1) is 5.54 Å². The predicted molar refractivity (Wildman–Crippen MR) is 87.8 cm³/mol. The zero-order valence-corrected chi connectivity index (χ0v) is 14.9. The average Bonchev–Trinajstić information content (AvgIpc) is 2.33. The Hall–Kier alpha value is -0.570. The third-order valence-electron chi connectivity index (χ3n) is 4.45. The fraction of sp³-hybridized carbons (Fsp3) is 0.941. The van der Waals surface area contributed by atoms with Crippen LogP contribution in [0.3, 0.4) is 0 Å². The van der Waals surface area contributed by atoms with Crippen LogP contribution in [0.25, 0.3) is 0 Å². The Morgan fingerprint density at radius 2 is 1.65 bits per heavy atom. The van der Waals surface area contributed by atoms with Crippen LogP contribution in [0.4, 0.5) is 0 Å². The monoisotopic (exact) mass is 284 g/mol. The molecule has 0 aliphatic rings. The lowest BCUT2D eigenvalue weighted by Crippen LogP contribution is -2.58. The second-order valence-corrected chi connectivity index (χ2v) is 7.56. The van der Waals surface area contributed by atoms with E-state index in [0.29, 0.717) is 5.92 Å². The molecule has 0 aromatic heterocycles. The first-order chi connectivity index (χ1) is 9.05. The van der Waals surface area contributed by atoms with Crippen LogP contribution in [0.1, 0.15) is 74.7 Å². The lowest BCUT2D eigenvalue weighted by molar-refractivity contribution is -0.128. The lowest BCUT2D eigenvalue weighted by Gasteiger charge is -2.37. The standard InChI is InChI=1S/C17H36N2O/c1-9-10-11-17(8,15(20)19-14(4)5)18-12-16(6,7)13(2)3/h13-14,18H,9-12H2,1-8H3,(H,19,20). The second kappa shape index (κ2) is 8.02. The van der Waals surface area contributed by atoms with E-state index in [1.807, 2.05) is 20.8 Å². The minimum absolute atomic E-state index is 0.125. The van der Waals surface area contributed by atoms with Gasteiger partial charge < -0.3 is 10.6 Å². The molecule has 0 aromatic carbocycles. The molecular weight excluding hydrogens is 248 g/mol. The summed E-state index contributed by atoms with van der Waals surface area (Å²) < 4.78 is 0. The van der Waals surface area contributed by atoms with Gasteiger partial charge in [0.25, 0.3) is 0 Å². The van der Waals surface area contributed by atoms with Crippen molar-refractivity contribution < 1.29 is 4.79 Å². The van der Waals surface area contributed by atoms with Crippen molar-refractivity contribution >= 4 is 5.91 Å². The molecule has 0 rings (SSSR count). The van der Waals surface area contributed by atoms with Gasteiger partial charge in [0.15, 0.2) is 0 Å². The van der Waals surface area contributed by atoms with Crippen LogP contribution in [0.2, 0.25) is 0 Å². The fourth-order valence-corrected chi connectivity index (χ4v) is 1.86. The molecule has 0 aromatic rings. The van der Waals surface area contributed by atoms with Crippen LogP contribution >= 0.6 is 0 Å². The number of unbranched alkanes of at least 4 members (excludes halogenated alkanes) is 1. The SMILES string of the molecule is CCCCC(C)(NCC(C)(C)C(C)C)C(=O)NC(C)C. The number of nitrogens with one attached hydrogen (secondary N) is 2. The predicted octanol–water partition coefficient (Wildman–Crippen LogP) is 3.73. The van der Waals surface area contributed by atoms with Crippen molar-refractivity contribution in [3.63, 3.8) is 0 Å². The molecule has 0 spiro atoms. The number of hydrogen-bond acceptors (Lipinski definition) is 2. The van der Waals surface area contributed by atoms with Gasteiger partial charge in [-0.3, -0.25) is 4.79 Å². The molecule has 0 heterocycles. The maximum atomic E-state index is 12.5. The number of hydrogen-bond donors (Lipinski definition) is 2. The summed E-state index contributed by atoms with van der Waals surface area (Å²) in [4.78, 5) is 12.5. The molecule has 120 valence electrons. The molecule has 0 radical (unpaired) electrons. The average molecular weight is 284 g/mol. The molecule has 3 nitrogen and oxygen atoms in total. The summed E-state index contributed by atoms with van der Waals surface area (Å²) in [5, 5.41) is 6.60. The van der Waals surface area contributed by atoms with Gasteiger partial charge in [0.1, 0.15) is 0 Å². The molecule has 1 unspecified atom stereocenters. The van der Waals surface area contributed by atoms with Gasteiger partial charge in [-0.05, 0) is 38.5 Å². The molecule has 0 aliphatic heterocycles. The summed E-state index contributed by atoms with van der Waals surface area (Å²) in [5.41, 5.74) is -0.280. The van der Waals surface area contributed by atoms with Crippen LogP contribution in [-0.4, -0.2) is 24.0 Å². The summed E-state index contributed by atoms with van der Waals surface area (Å²) in [6.07, 6.45) is 3.06. The topological polar surface area (TPSA) is 41.1 Å². The molecule has 0 bridgehead atoms. The summed E-state index contributed by atoms with van der Waals surface area (Å²) in [6.45, 7) is 18.1. The van der Waals surface area contributed by atoms with E-state index in [1.165, 1.54) is 0 Å². The summed E-state index contributed by atoms with van der Waals surface area (Å²) in [7, 11) is 0. The normalized spacial score (nSPS) is 15.5. The Morgan fingerprint density at radius 3 is 2.05 bits per heavy atom. The zero-order chi connectivity index (χ0) is 16.0. The molecule has 2 N–H and O–H groups in total. The molecule has 20 heavy (non-hydrogen) atoms. The van der Waals surface area contributed by atoms with Gasteiger partial charge in [-0.1, -0.05) is 47.5 Å². The Labute approximate surface area is 126 Å². The summed E-state index contributed by atoms with van der Waals surface area (Å²) in [5.74, 6) is 0.707. The van der Waals surface area contributed by atoms with Crippen LogP contribution in [0, 0.1) is 11.3 Å². The molecule has 1 amide bonds. The summed E-state index contributed by atoms with van der Waals surface area (Å²) in [6, 6.07) is 0.184. The Kier molecular flexibility index (Phi) is 7.79. The maximum absolute atomic E-state index is 12.5. The van der Waals surface area contributed by atoms with Crippen molar-refractivity contribution in [2.45, 2.75) is 86.2 Å². The smallest absolute Gasteiger partial charge is 0.240 e. The molecule has 0 fully saturated rings.